The third-order valence-corrected chi connectivity index (χ3v) is 9.17. The number of halogens is 1. The molecule has 1 aromatic carbocycles. The van der Waals surface area contributed by atoms with Crippen LogP contribution in [0.5, 0.6) is 0 Å². The van der Waals surface area contributed by atoms with E-state index in [9.17, 15) is 14.7 Å². The molecule has 2 aromatic heterocycles. The molecule has 3 aromatic rings. The topological polar surface area (TPSA) is 102 Å². The molecule has 4 aliphatic rings. The van der Waals surface area contributed by atoms with E-state index < -0.39 is 5.60 Å². The van der Waals surface area contributed by atoms with Gasteiger partial charge in [-0.25, -0.2) is 4.98 Å². The first-order valence-electron chi connectivity index (χ1n) is 14.5. The summed E-state index contributed by atoms with van der Waals surface area (Å²) < 4.78 is 8.43. The molecule has 214 valence electrons. The average Bonchev–Trinajstić information content (AvgIpc) is 3.88. The van der Waals surface area contributed by atoms with Crippen molar-refractivity contribution in [1.29, 1.82) is 0 Å². The number of carbonyl (C=O) groups excluding carboxylic acids is 1. The summed E-state index contributed by atoms with van der Waals surface area (Å²) >= 11 is 6.45. The number of nitrogens with one attached hydrogen (secondary N) is 1. The smallest absolute Gasteiger partial charge is 0.262 e. The third kappa shape index (κ3) is 5.44. The Bertz CT molecular complexity index is 1420. The van der Waals surface area contributed by atoms with Crippen molar-refractivity contribution in [3.8, 4) is 5.69 Å². The molecule has 2 saturated heterocycles. The summed E-state index contributed by atoms with van der Waals surface area (Å²) in [4.78, 5) is 32.7. The lowest BCUT2D eigenvalue weighted by Crippen LogP contribution is -2.51. The van der Waals surface area contributed by atoms with Crippen molar-refractivity contribution >= 4 is 28.5 Å². The van der Waals surface area contributed by atoms with Crippen LogP contribution in [-0.4, -0.2) is 74.5 Å². The van der Waals surface area contributed by atoms with Crippen molar-refractivity contribution in [2.45, 2.75) is 63.7 Å². The van der Waals surface area contributed by atoms with Gasteiger partial charge in [0.2, 0.25) is 5.91 Å². The summed E-state index contributed by atoms with van der Waals surface area (Å²) in [5.74, 6) is 0.862. The number of amides is 1. The fourth-order valence-corrected chi connectivity index (χ4v) is 6.49. The summed E-state index contributed by atoms with van der Waals surface area (Å²) in [5.41, 5.74) is -0.0359. The number of aliphatic hydroxyl groups is 1. The standard InChI is InChI=1S/C25H27ClN4O3.C5H11NO/c26-20-14-19-21(30(20)18-4-2-1-3-5-18)27-16-29(22(19)31)15-24(33)10-12-28(13-11-24)23(32)25(8-9-25)17-6-7-17;1-5-4-6-2-3-7-5/h1-5,14,16-17,33H,6-13,15H2;5-6H,2-4H2,1H3. The van der Waals surface area contributed by atoms with Gasteiger partial charge in [0.05, 0.1) is 35.7 Å². The lowest BCUT2D eigenvalue weighted by molar-refractivity contribution is -0.142. The van der Waals surface area contributed by atoms with Gasteiger partial charge in [-0.2, -0.15) is 0 Å². The highest BCUT2D eigenvalue weighted by Gasteiger charge is 2.60. The van der Waals surface area contributed by atoms with Crippen LogP contribution < -0.4 is 10.9 Å². The van der Waals surface area contributed by atoms with Gasteiger partial charge < -0.3 is 20.1 Å². The number of hydrogen-bond donors (Lipinski definition) is 2. The van der Waals surface area contributed by atoms with Gasteiger partial charge in [-0.1, -0.05) is 29.8 Å². The fourth-order valence-electron chi connectivity index (χ4n) is 6.20. The van der Waals surface area contributed by atoms with Crippen LogP contribution in [0.2, 0.25) is 5.15 Å². The molecule has 0 bridgehead atoms. The van der Waals surface area contributed by atoms with Gasteiger partial charge in [-0.15, -0.1) is 0 Å². The number of fused-ring (bicyclic) bond motifs is 1. The third-order valence-electron chi connectivity index (χ3n) is 8.89. The molecule has 1 atom stereocenters. The van der Waals surface area contributed by atoms with Crippen molar-refractivity contribution in [2.75, 3.05) is 32.8 Å². The Labute approximate surface area is 239 Å². The fraction of sp³-hybridized carbons (Fsp3) is 0.567. The first kappa shape index (κ1) is 27.4. The molecule has 2 N–H and O–H groups in total. The number of ether oxygens (including phenoxy) is 1. The second-order valence-electron chi connectivity index (χ2n) is 11.9. The van der Waals surface area contributed by atoms with Crippen molar-refractivity contribution < 1.29 is 14.6 Å². The average molecular weight is 568 g/mol. The van der Waals surface area contributed by atoms with E-state index in [1.54, 1.807) is 10.6 Å². The van der Waals surface area contributed by atoms with Gasteiger partial charge in [0, 0.05) is 31.9 Å². The molecule has 1 amide bonds. The Hall–Kier alpha value is -2.72. The molecule has 9 nitrogen and oxygen atoms in total. The van der Waals surface area contributed by atoms with E-state index >= 15 is 0 Å². The number of carbonyl (C=O) groups is 1. The molecular weight excluding hydrogens is 530 g/mol. The molecule has 1 unspecified atom stereocenters. The van der Waals surface area contributed by atoms with E-state index in [1.165, 1.54) is 23.7 Å². The lowest BCUT2D eigenvalue weighted by Gasteiger charge is -2.39. The molecule has 40 heavy (non-hydrogen) atoms. The maximum absolute atomic E-state index is 13.2. The summed E-state index contributed by atoms with van der Waals surface area (Å²) in [6.07, 6.45) is 7.21. The van der Waals surface area contributed by atoms with Gasteiger partial charge in [0.1, 0.15) is 11.5 Å². The van der Waals surface area contributed by atoms with E-state index in [2.05, 4.69) is 17.2 Å². The van der Waals surface area contributed by atoms with E-state index in [-0.39, 0.29) is 23.4 Å². The van der Waals surface area contributed by atoms with Gasteiger partial charge in [0.15, 0.2) is 5.65 Å². The van der Waals surface area contributed by atoms with E-state index in [1.807, 2.05) is 35.2 Å². The summed E-state index contributed by atoms with van der Waals surface area (Å²) in [6, 6.07) is 11.2. The summed E-state index contributed by atoms with van der Waals surface area (Å²) in [6.45, 7) is 6.20. The minimum atomic E-state index is -1.04. The SMILES string of the molecule is CC1CNCCO1.O=C(N1CCC(O)(Cn2cnc3c(cc(Cl)n3-c3ccccc3)c2=O)CC1)C1(C2CC2)CC1. The van der Waals surface area contributed by atoms with Crippen molar-refractivity contribution in [3.05, 3.63) is 58.2 Å². The number of benzene rings is 1. The predicted octanol–water partition coefficient (Wildman–Crippen LogP) is 3.38. The van der Waals surface area contributed by atoms with Crippen LogP contribution in [0.25, 0.3) is 16.7 Å². The van der Waals surface area contributed by atoms with Crippen molar-refractivity contribution in [1.82, 2.24) is 24.3 Å². The zero-order valence-electron chi connectivity index (χ0n) is 23.0. The van der Waals surface area contributed by atoms with E-state index in [0.29, 0.717) is 54.1 Å². The molecule has 10 heteroatoms. The molecule has 2 aliphatic carbocycles. The van der Waals surface area contributed by atoms with Crippen LogP contribution in [0, 0.1) is 11.3 Å². The second kappa shape index (κ2) is 10.9. The number of para-hydroxylation sites is 1. The van der Waals surface area contributed by atoms with E-state index in [0.717, 1.165) is 38.2 Å². The molecule has 7 rings (SSSR count). The molecule has 4 fully saturated rings. The van der Waals surface area contributed by atoms with Crippen LogP contribution in [0.4, 0.5) is 0 Å². The minimum absolute atomic E-state index is 0.0907. The number of aromatic nitrogens is 3. The number of likely N-dealkylation sites (tertiary alicyclic amines) is 1. The van der Waals surface area contributed by atoms with Gasteiger partial charge in [-0.3, -0.25) is 18.7 Å². The highest BCUT2D eigenvalue weighted by molar-refractivity contribution is 6.31. The molecule has 0 radical (unpaired) electrons. The number of rotatable bonds is 5. The van der Waals surface area contributed by atoms with Crippen LogP contribution in [0.1, 0.15) is 45.4 Å². The van der Waals surface area contributed by atoms with Gasteiger partial charge in [0.25, 0.3) is 5.56 Å². The Kier molecular flexibility index (Phi) is 7.50. The quantitative estimate of drug-likeness (QED) is 0.490. The predicted molar refractivity (Wildman–Crippen MR) is 154 cm³/mol. The highest BCUT2D eigenvalue weighted by Crippen LogP contribution is 2.62. The van der Waals surface area contributed by atoms with E-state index in [4.69, 9.17) is 16.3 Å². The maximum Gasteiger partial charge on any atom is 0.262 e. The largest absolute Gasteiger partial charge is 0.388 e. The number of hydrogen-bond acceptors (Lipinski definition) is 6. The molecule has 0 spiro atoms. The Morgan fingerprint density at radius 3 is 2.48 bits per heavy atom. The zero-order valence-corrected chi connectivity index (χ0v) is 23.8. The number of piperidine rings is 1. The summed E-state index contributed by atoms with van der Waals surface area (Å²) in [5, 5.41) is 15.3. The van der Waals surface area contributed by atoms with Gasteiger partial charge >= 0.3 is 0 Å². The summed E-state index contributed by atoms with van der Waals surface area (Å²) in [7, 11) is 0. The zero-order chi connectivity index (χ0) is 27.9. The molecule has 2 aliphatic heterocycles. The van der Waals surface area contributed by atoms with Crippen LogP contribution >= 0.6 is 11.6 Å². The Balaban J connectivity index is 0.000000363. The first-order chi connectivity index (χ1) is 19.3. The normalized spacial score (nSPS) is 23.4. The first-order valence-corrected chi connectivity index (χ1v) is 14.8. The van der Waals surface area contributed by atoms with Gasteiger partial charge in [-0.05, 0) is 69.6 Å². The highest BCUT2D eigenvalue weighted by atomic mass is 35.5. The minimum Gasteiger partial charge on any atom is -0.388 e. The van der Waals surface area contributed by atoms with Crippen molar-refractivity contribution in [2.24, 2.45) is 11.3 Å². The second-order valence-corrected chi connectivity index (χ2v) is 12.3. The number of nitrogens with zero attached hydrogens (tertiary/aromatic N) is 4. The van der Waals surface area contributed by atoms with Crippen LogP contribution in [0.3, 0.4) is 0 Å². The monoisotopic (exact) mass is 567 g/mol. The van der Waals surface area contributed by atoms with Crippen LogP contribution in [0.15, 0.2) is 47.5 Å². The lowest BCUT2D eigenvalue weighted by atomic mass is 9.89. The number of morpholine rings is 1. The molecular formula is C30H38ClN5O4. The molecule has 4 heterocycles. The Morgan fingerprint density at radius 1 is 1.18 bits per heavy atom. The maximum atomic E-state index is 13.2. The van der Waals surface area contributed by atoms with Crippen LogP contribution in [-0.2, 0) is 16.1 Å². The van der Waals surface area contributed by atoms with Crippen molar-refractivity contribution in [3.63, 3.8) is 0 Å². The Morgan fingerprint density at radius 2 is 1.90 bits per heavy atom. The molecule has 2 saturated carbocycles.